The summed E-state index contributed by atoms with van der Waals surface area (Å²) in [6.07, 6.45) is 4.74. The van der Waals surface area contributed by atoms with Crippen molar-refractivity contribution in [1.82, 2.24) is 5.32 Å². The molecule has 0 radical (unpaired) electrons. The number of aliphatic hydroxyl groups excluding tert-OH is 1. The van der Waals surface area contributed by atoms with Gasteiger partial charge in [-0.25, -0.2) is 0 Å². The monoisotopic (exact) mass is 261 g/mol. The standard InChI is InChI=1S/C17H27NO/c1-12-8-14(3)16(9-13(12)2)10-18-17-6-4-15(11-19)5-7-17/h8-9,15,17-19H,4-7,10-11H2,1-3H3. The van der Waals surface area contributed by atoms with Gasteiger partial charge in [0.2, 0.25) is 0 Å². The molecule has 0 aromatic heterocycles. The number of hydrogen-bond donors (Lipinski definition) is 2. The molecule has 1 saturated carbocycles. The molecule has 0 spiro atoms. The van der Waals surface area contributed by atoms with Gasteiger partial charge in [0.05, 0.1) is 0 Å². The molecule has 2 N–H and O–H groups in total. The second-order valence-corrected chi connectivity index (χ2v) is 6.14. The van der Waals surface area contributed by atoms with E-state index in [2.05, 4.69) is 38.2 Å². The summed E-state index contributed by atoms with van der Waals surface area (Å²) in [6.45, 7) is 7.90. The summed E-state index contributed by atoms with van der Waals surface area (Å²) in [4.78, 5) is 0. The number of benzene rings is 1. The van der Waals surface area contributed by atoms with Gasteiger partial charge in [0.25, 0.3) is 0 Å². The van der Waals surface area contributed by atoms with Gasteiger partial charge in [-0.2, -0.15) is 0 Å². The summed E-state index contributed by atoms with van der Waals surface area (Å²) in [7, 11) is 0. The molecule has 0 atom stereocenters. The van der Waals surface area contributed by atoms with Crippen molar-refractivity contribution >= 4 is 0 Å². The zero-order valence-corrected chi connectivity index (χ0v) is 12.5. The summed E-state index contributed by atoms with van der Waals surface area (Å²) >= 11 is 0. The van der Waals surface area contributed by atoms with E-state index in [-0.39, 0.29) is 0 Å². The summed E-state index contributed by atoms with van der Waals surface area (Å²) in [6, 6.07) is 5.23. The van der Waals surface area contributed by atoms with Gasteiger partial charge in [-0.3, -0.25) is 0 Å². The van der Waals surface area contributed by atoms with Crippen LogP contribution in [-0.4, -0.2) is 17.8 Å². The van der Waals surface area contributed by atoms with Crippen LogP contribution in [0.4, 0.5) is 0 Å². The zero-order valence-electron chi connectivity index (χ0n) is 12.5. The maximum absolute atomic E-state index is 9.16. The lowest BCUT2D eigenvalue weighted by atomic mass is 9.86. The van der Waals surface area contributed by atoms with Crippen LogP contribution in [0.25, 0.3) is 0 Å². The van der Waals surface area contributed by atoms with Gasteiger partial charge in [0, 0.05) is 19.2 Å². The first-order valence-corrected chi connectivity index (χ1v) is 7.51. The van der Waals surface area contributed by atoms with E-state index in [1.165, 1.54) is 47.9 Å². The molecule has 106 valence electrons. The highest BCUT2D eigenvalue weighted by molar-refractivity contribution is 5.36. The minimum atomic E-state index is 0.364. The summed E-state index contributed by atoms with van der Waals surface area (Å²) < 4.78 is 0. The lowest BCUT2D eigenvalue weighted by Crippen LogP contribution is -2.33. The SMILES string of the molecule is Cc1cc(C)c(CNC2CCC(CO)CC2)cc1C. The van der Waals surface area contributed by atoms with E-state index in [1.54, 1.807) is 0 Å². The molecular formula is C17H27NO. The van der Waals surface area contributed by atoms with Gasteiger partial charge in [-0.1, -0.05) is 12.1 Å². The molecule has 0 heterocycles. The third-order valence-electron chi connectivity index (χ3n) is 4.64. The third kappa shape index (κ3) is 3.80. The van der Waals surface area contributed by atoms with Gasteiger partial charge in [0.15, 0.2) is 0 Å². The van der Waals surface area contributed by atoms with Gasteiger partial charge in [-0.05, 0) is 74.6 Å². The van der Waals surface area contributed by atoms with Crippen molar-refractivity contribution in [3.8, 4) is 0 Å². The molecule has 1 fully saturated rings. The smallest absolute Gasteiger partial charge is 0.0459 e. The third-order valence-corrected chi connectivity index (χ3v) is 4.64. The Balaban J connectivity index is 1.88. The number of aryl methyl sites for hydroxylation is 3. The molecule has 2 rings (SSSR count). The van der Waals surface area contributed by atoms with Gasteiger partial charge in [0.1, 0.15) is 0 Å². The van der Waals surface area contributed by atoms with Gasteiger partial charge >= 0.3 is 0 Å². The predicted molar refractivity (Wildman–Crippen MR) is 80.3 cm³/mol. The average Bonchev–Trinajstić information content (AvgIpc) is 2.42. The van der Waals surface area contributed by atoms with Crippen molar-refractivity contribution in [3.63, 3.8) is 0 Å². The molecule has 1 aliphatic rings. The van der Waals surface area contributed by atoms with Crippen LogP contribution < -0.4 is 5.32 Å². The Hall–Kier alpha value is -0.860. The van der Waals surface area contributed by atoms with E-state index in [9.17, 15) is 0 Å². The molecule has 0 aliphatic heterocycles. The molecule has 1 aromatic carbocycles. The number of hydrogen-bond acceptors (Lipinski definition) is 2. The van der Waals surface area contributed by atoms with Crippen LogP contribution in [-0.2, 0) is 6.54 Å². The summed E-state index contributed by atoms with van der Waals surface area (Å²) in [5, 5.41) is 12.8. The topological polar surface area (TPSA) is 32.3 Å². The fourth-order valence-electron chi connectivity index (χ4n) is 3.01. The lowest BCUT2D eigenvalue weighted by Gasteiger charge is -2.28. The summed E-state index contributed by atoms with van der Waals surface area (Å²) in [5.41, 5.74) is 5.57. The molecule has 0 amide bonds. The number of nitrogens with one attached hydrogen (secondary N) is 1. The van der Waals surface area contributed by atoms with E-state index in [0.717, 1.165) is 6.54 Å². The highest BCUT2D eigenvalue weighted by atomic mass is 16.3. The van der Waals surface area contributed by atoms with Crippen LogP contribution in [0.3, 0.4) is 0 Å². The Bertz CT molecular complexity index is 420. The first kappa shape index (κ1) is 14.5. The Labute approximate surface area is 117 Å². The van der Waals surface area contributed by atoms with Crippen LogP contribution in [0.2, 0.25) is 0 Å². The Morgan fingerprint density at radius 3 is 2.26 bits per heavy atom. The predicted octanol–water partition coefficient (Wildman–Crippen LogP) is 3.25. The van der Waals surface area contributed by atoms with Crippen LogP contribution in [0.15, 0.2) is 12.1 Å². The van der Waals surface area contributed by atoms with E-state index in [1.807, 2.05) is 0 Å². The molecule has 0 saturated heterocycles. The molecule has 0 bridgehead atoms. The summed E-state index contributed by atoms with van der Waals surface area (Å²) in [5.74, 6) is 0.543. The molecule has 2 nitrogen and oxygen atoms in total. The van der Waals surface area contributed by atoms with Crippen molar-refractivity contribution < 1.29 is 5.11 Å². The van der Waals surface area contributed by atoms with Crippen molar-refractivity contribution in [2.24, 2.45) is 5.92 Å². The highest BCUT2D eigenvalue weighted by Crippen LogP contribution is 2.24. The molecule has 1 aliphatic carbocycles. The van der Waals surface area contributed by atoms with Crippen LogP contribution in [0, 0.1) is 26.7 Å². The lowest BCUT2D eigenvalue weighted by molar-refractivity contribution is 0.175. The Morgan fingerprint density at radius 1 is 1.00 bits per heavy atom. The Morgan fingerprint density at radius 2 is 1.63 bits per heavy atom. The molecule has 0 unspecified atom stereocenters. The molecular weight excluding hydrogens is 234 g/mol. The number of aliphatic hydroxyl groups is 1. The van der Waals surface area contributed by atoms with Gasteiger partial charge < -0.3 is 10.4 Å². The quantitative estimate of drug-likeness (QED) is 0.872. The molecule has 19 heavy (non-hydrogen) atoms. The van der Waals surface area contributed by atoms with Crippen LogP contribution >= 0.6 is 0 Å². The van der Waals surface area contributed by atoms with Crippen LogP contribution in [0.5, 0.6) is 0 Å². The second kappa shape index (κ2) is 6.53. The molecule has 2 heteroatoms. The first-order valence-electron chi connectivity index (χ1n) is 7.51. The van der Waals surface area contributed by atoms with E-state index in [0.29, 0.717) is 18.6 Å². The normalized spacial score (nSPS) is 23.6. The average molecular weight is 261 g/mol. The zero-order chi connectivity index (χ0) is 13.8. The van der Waals surface area contributed by atoms with Gasteiger partial charge in [-0.15, -0.1) is 0 Å². The minimum absolute atomic E-state index is 0.364. The van der Waals surface area contributed by atoms with Crippen molar-refractivity contribution in [3.05, 3.63) is 34.4 Å². The first-order chi connectivity index (χ1) is 9.10. The molecule has 1 aromatic rings. The van der Waals surface area contributed by atoms with Crippen molar-refractivity contribution in [1.29, 1.82) is 0 Å². The number of rotatable bonds is 4. The van der Waals surface area contributed by atoms with E-state index < -0.39 is 0 Å². The Kier molecular flexibility index (Phi) is 5.00. The van der Waals surface area contributed by atoms with E-state index in [4.69, 9.17) is 5.11 Å². The fourth-order valence-corrected chi connectivity index (χ4v) is 3.01. The van der Waals surface area contributed by atoms with E-state index >= 15 is 0 Å². The highest BCUT2D eigenvalue weighted by Gasteiger charge is 2.20. The maximum atomic E-state index is 9.16. The largest absolute Gasteiger partial charge is 0.396 e. The maximum Gasteiger partial charge on any atom is 0.0459 e. The van der Waals surface area contributed by atoms with Crippen molar-refractivity contribution in [2.75, 3.05) is 6.61 Å². The van der Waals surface area contributed by atoms with Crippen molar-refractivity contribution in [2.45, 2.75) is 59.0 Å². The minimum Gasteiger partial charge on any atom is -0.396 e. The fraction of sp³-hybridized carbons (Fsp3) is 0.647. The second-order valence-electron chi connectivity index (χ2n) is 6.14. The van der Waals surface area contributed by atoms with Crippen LogP contribution in [0.1, 0.15) is 47.9 Å².